The number of carbonyl (C=O) groups is 2. The van der Waals surface area contributed by atoms with Crippen molar-refractivity contribution in [3.05, 3.63) is 0 Å². The van der Waals surface area contributed by atoms with Crippen LogP contribution in [0.4, 0.5) is 8.78 Å². The van der Waals surface area contributed by atoms with Gasteiger partial charge >= 0.3 is 5.97 Å². The average Bonchev–Trinajstić information content (AvgIpc) is 2.15. The van der Waals surface area contributed by atoms with Crippen molar-refractivity contribution >= 4 is 24.2 Å². The minimum Gasteiger partial charge on any atom is -0.469 e. The monoisotopic (exact) mass is 259 g/mol. The number of hydrogen-bond acceptors (Lipinski definition) is 4. The standard InChI is InChI=1S/C9H15F2NO3.ClH/c1-4(9(14)15-3)6(8(10)11)7(13)5(2)12;/h4-6,8H,12H2,1-3H3;1H. The molecule has 0 aliphatic heterocycles. The van der Waals surface area contributed by atoms with E-state index in [1.54, 1.807) is 0 Å². The molecule has 0 aromatic rings. The fourth-order valence-corrected chi connectivity index (χ4v) is 1.22. The number of rotatable bonds is 5. The molecule has 0 fully saturated rings. The predicted octanol–water partition coefficient (Wildman–Crippen LogP) is 1.01. The topological polar surface area (TPSA) is 69.4 Å². The molecular formula is C9H16ClF2NO3. The van der Waals surface area contributed by atoms with Crippen molar-refractivity contribution in [3.8, 4) is 0 Å². The Morgan fingerprint density at radius 3 is 1.94 bits per heavy atom. The molecule has 0 aromatic carbocycles. The molecule has 0 aliphatic rings. The molecule has 0 saturated carbocycles. The minimum absolute atomic E-state index is 0. The van der Waals surface area contributed by atoms with Gasteiger partial charge in [-0.1, -0.05) is 6.92 Å². The van der Waals surface area contributed by atoms with Crippen molar-refractivity contribution in [1.82, 2.24) is 0 Å². The quantitative estimate of drug-likeness (QED) is 0.749. The summed E-state index contributed by atoms with van der Waals surface area (Å²) in [5, 5.41) is 0. The molecule has 0 aliphatic carbocycles. The Kier molecular flexibility index (Phi) is 8.28. The van der Waals surface area contributed by atoms with Crippen LogP contribution in [-0.4, -0.2) is 31.3 Å². The molecule has 4 nitrogen and oxygen atoms in total. The first kappa shape index (κ1) is 17.6. The molecule has 0 saturated heterocycles. The van der Waals surface area contributed by atoms with Gasteiger partial charge in [0.15, 0.2) is 5.78 Å². The summed E-state index contributed by atoms with van der Waals surface area (Å²) in [7, 11) is 1.08. The van der Waals surface area contributed by atoms with Crippen molar-refractivity contribution in [2.24, 2.45) is 17.6 Å². The van der Waals surface area contributed by atoms with Crippen LogP contribution in [0, 0.1) is 11.8 Å². The van der Waals surface area contributed by atoms with Crippen LogP contribution in [0.25, 0.3) is 0 Å². The molecule has 3 atom stereocenters. The van der Waals surface area contributed by atoms with Gasteiger partial charge in [0.1, 0.15) is 0 Å². The lowest BCUT2D eigenvalue weighted by Gasteiger charge is -2.21. The predicted molar refractivity (Wildman–Crippen MR) is 56.6 cm³/mol. The Hall–Kier alpha value is -0.750. The third kappa shape index (κ3) is 4.40. The third-order valence-electron chi connectivity index (χ3n) is 2.16. The van der Waals surface area contributed by atoms with Gasteiger partial charge in [0.25, 0.3) is 0 Å². The Morgan fingerprint density at radius 1 is 1.25 bits per heavy atom. The van der Waals surface area contributed by atoms with Crippen LogP contribution < -0.4 is 5.73 Å². The summed E-state index contributed by atoms with van der Waals surface area (Å²) in [5.74, 6) is -4.55. The molecule has 0 heterocycles. The number of halogens is 3. The number of alkyl halides is 2. The lowest BCUT2D eigenvalue weighted by molar-refractivity contribution is -0.153. The summed E-state index contributed by atoms with van der Waals surface area (Å²) >= 11 is 0. The first-order chi connectivity index (χ1) is 6.82. The van der Waals surface area contributed by atoms with Gasteiger partial charge in [-0.15, -0.1) is 12.4 Å². The Bertz CT molecular complexity index is 249. The highest BCUT2D eigenvalue weighted by atomic mass is 35.5. The van der Waals surface area contributed by atoms with E-state index in [0.29, 0.717) is 0 Å². The Balaban J connectivity index is 0. The summed E-state index contributed by atoms with van der Waals surface area (Å²) in [6, 6.07) is -1.02. The minimum atomic E-state index is -2.92. The average molecular weight is 260 g/mol. The van der Waals surface area contributed by atoms with Crippen LogP contribution in [0.1, 0.15) is 13.8 Å². The second-order valence-corrected chi connectivity index (χ2v) is 3.36. The number of hydrogen-bond donors (Lipinski definition) is 1. The van der Waals surface area contributed by atoms with Crippen LogP contribution in [0.3, 0.4) is 0 Å². The molecule has 0 aromatic heterocycles. The molecule has 0 rings (SSSR count). The van der Waals surface area contributed by atoms with E-state index in [-0.39, 0.29) is 12.4 Å². The van der Waals surface area contributed by atoms with Crippen LogP contribution in [0.15, 0.2) is 0 Å². The smallest absolute Gasteiger partial charge is 0.309 e. The largest absolute Gasteiger partial charge is 0.469 e. The van der Waals surface area contributed by atoms with Gasteiger partial charge in [-0.2, -0.15) is 0 Å². The van der Waals surface area contributed by atoms with Gasteiger partial charge < -0.3 is 10.5 Å². The van der Waals surface area contributed by atoms with E-state index in [1.165, 1.54) is 13.8 Å². The second kappa shape index (κ2) is 7.51. The van der Waals surface area contributed by atoms with Gasteiger partial charge in [-0.05, 0) is 6.92 Å². The zero-order chi connectivity index (χ0) is 12.2. The lowest BCUT2D eigenvalue weighted by atomic mass is 9.87. The number of Topliss-reactive ketones (excluding diaryl/α,β-unsaturated/α-hetero) is 1. The maximum atomic E-state index is 12.6. The first-order valence-corrected chi connectivity index (χ1v) is 4.48. The van der Waals surface area contributed by atoms with Gasteiger partial charge in [0, 0.05) is 0 Å². The maximum Gasteiger partial charge on any atom is 0.309 e. The molecule has 3 unspecified atom stereocenters. The summed E-state index contributed by atoms with van der Waals surface area (Å²) in [6.07, 6.45) is -2.92. The highest BCUT2D eigenvalue weighted by Crippen LogP contribution is 2.23. The van der Waals surface area contributed by atoms with E-state index in [9.17, 15) is 18.4 Å². The lowest BCUT2D eigenvalue weighted by Crippen LogP contribution is -2.42. The van der Waals surface area contributed by atoms with Crippen LogP contribution in [0.2, 0.25) is 0 Å². The zero-order valence-corrected chi connectivity index (χ0v) is 10.1. The zero-order valence-electron chi connectivity index (χ0n) is 9.28. The van der Waals surface area contributed by atoms with Crippen molar-refractivity contribution in [2.75, 3.05) is 7.11 Å². The molecule has 0 bridgehead atoms. The molecular weight excluding hydrogens is 244 g/mol. The first-order valence-electron chi connectivity index (χ1n) is 4.48. The fraction of sp³-hybridized carbons (Fsp3) is 0.778. The molecule has 0 spiro atoms. The second-order valence-electron chi connectivity index (χ2n) is 3.36. The van der Waals surface area contributed by atoms with Crippen molar-refractivity contribution in [2.45, 2.75) is 26.3 Å². The van der Waals surface area contributed by atoms with Crippen LogP contribution >= 0.6 is 12.4 Å². The summed E-state index contributed by atoms with van der Waals surface area (Å²) in [6.45, 7) is 2.53. The molecule has 2 N–H and O–H groups in total. The fourth-order valence-electron chi connectivity index (χ4n) is 1.22. The van der Waals surface area contributed by atoms with Crippen molar-refractivity contribution < 1.29 is 23.1 Å². The van der Waals surface area contributed by atoms with Gasteiger partial charge in [-0.3, -0.25) is 9.59 Å². The normalized spacial score (nSPS) is 15.9. The Labute approximate surface area is 98.9 Å². The highest BCUT2D eigenvalue weighted by molar-refractivity contribution is 5.90. The number of esters is 1. The maximum absolute atomic E-state index is 12.6. The molecule has 96 valence electrons. The molecule has 16 heavy (non-hydrogen) atoms. The van der Waals surface area contributed by atoms with Crippen molar-refractivity contribution in [1.29, 1.82) is 0 Å². The molecule has 0 radical (unpaired) electrons. The number of carbonyl (C=O) groups excluding carboxylic acids is 2. The summed E-state index contributed by atoms with van der Waals surface area (Å²) < 4.78 is 29.5. The van der Waals surface area contributed by atoms with Crippen molar-refractivity contribution in [3.63, 3.8) is 0 Å². The number of nitrogens with two attached hydrogens (primary N) is 1. The van der Waals surface area contributed by atoms with E-state index in [2.05, 4.69) is 4.74 Å². The van der Waals surface area contributed by atoms with E-state index >= 15 is 0 Å². The summed E-state index contributed by atoms with van der Waals surface area (Å²) in [5.41, 5.74) is 5.22. The van der Waals surface area contributed by atoms with Crippen LogP contribution in [0.5, 0.6) is 0 Å². The van der Waals surface area contributed by atoms with Gasteiger partial charge in [0.2, 0.25) is 6.43 Å². The number of methoxy groups -OCH3 is 1. The SMILES string of the molecule is COC(=O)C(C)C(C(=O)C(C)N)C(F)F.Cl. The van der Waals surface area contributed by atoms with Crippen LogP contribution in [-0.2, 0) is 14.3 Å². The third-order valence-corrected chi connectivity index (χ3v) is 2.16. The van der Waals surface area contributed by atoms with E-state index in [0.717, 1.165) is 7.11 Å². The van der Waals surface area contributed by atoms with E-state index in [4.69, 9.17) is 5.73 Å². The summed E-state index contributed by atoms with van der Waals surface area (Å²) in [4.78, 5) is 22.4. The van der Waals surface area contributed by atoms with E-state index < -0.39 is 36.1 Å². The van der Waals surface area contributed by atoms with Gasteiger partial charge in [0.05, 0.1) is 25.0 Å². The Morgan fingerprint density at radius 2 is 1.69 bits per heavy atom. The molecule has 0 amide bonds. The van der Waals surface area contributed by atoms with Gasteiger partial charge in [-0.25, -0.2) is 8.78 Å². The number of ketones is 1. The highest BCUT2D eigenvalue weighted by Gasteiger charge is 2.39. The number of ether oxygens (including phenoxy) is 1. The molecule has 7 heteroatoms. The van der Waals surface area contributed by atoms with E-state index in [1.807, 2.05) is 0 Å².